The van der Waals surface area contributed by atoms with Crippen molar-refractivity contribution < 1.29 is 4.92 Å². The lowest BCUT2D eigenvalue weighted by Crippen LogP contribution is -2.32. The first-order valence-electron chi connectivity index (χ1n) is 7.69. The number of rotatable bonds is 2. The van der Waals surface area contributed by atoms with E-state index in [1.54, 1.807) is 12.1 Å². The molecule has 0 fully saturated rings. The normalized spacial score (nSPS) is 18.0. The minimum absolute atomic E-state index is 0.148. The summed E-state index contributed by atoms with van der Waals surface area (Å²) in [7, 11) is 2.12. The molecule has 1 aliphatic rings. The van der Waals surface area contributed by atoms with Gasteiger partial charge in [-0.3, -0.25) is 15.0 Å². The van der Waals surface area contributed by atoms with Crippen molar-refractivity contribution in [2.45, 2.75) is 12.5 Å². The van der Waals surface area contributed by atoms with E-state index < -0.39 is 0 Å². The van der Waals surface area contributed by atoms with Gasteiger partial charge in [-0.25, -0.2) is 0 Å². The van der Waals surface area contributed by atoms with Crippen molar-refractivity contribution in [2.24, 2.45) is 0 Å². The van der Waals surface area contributed by atoms with Gasteiger partial charge in [0.1, 0.15) is 0 Å². The molecule has 1 unspecified atom stereocenters. The van der Waals surface area contributed by atoms with E-state index in [4.69, 9.17) is 0 Å². The van der Waals surface area contributed by atoms with Gasteiger partial charge in [0, 0.05) is 35.3 Å². The minimum Gasteiger partial charge on any atom is -0.357 e. The molecule has 0 radical (unpaired) electrons. The Labute approximate surface area is 133 Å². The van der Waals surface area contributed by atoms with Gasteiger partial charge in [0.2, 0.25) is 0 Å². The monoisotopic (exact) mass is 307 g/mol. The van der Waals surface area contributed by atoms with Crippen LogP contribution in [0, 0.1) is 10.1 Å². The van der Waals surface area contributed by atoms with Crippen LogP contribution in [0.1, 0.15) is 22.9 Å². The van der Waals surface area contributed by atoms with E-state index in [9.17, 15) is 10.1 Å². The molecule has 1 aliphatic heterocycles. The molecule has 2 heterocycles. The third kappa shape index (κ3) is 2.21. The molecule has 5 nitrogen and oxygen atoms in total. The predicted molar refractivity (Wildman–Crippen MR) is 89.6 cm³/mol. The van der Waals surface area contributed by atoms with Crippen molar-refractivity contribution in [3.63, 3.8) is 0 Å². The van der Waals surface area contributed by atoms with Gasteiger partial charge in [-0.2, -0.15) is 0 Å². The van der Waals surface area contributed by atoms with Gasteiger partial charge < -0.3 is 4.98 Å². The Bertz CT molecular complexity index is 886. The van der Waals surface area contributed by atoms with Crippen molar-refractivity contribution in [1.29, 1.82) is 0 Å². The number of nitrogens with one attached hydrogen (secondary N) is 1. The SMILES string of the molecule is CN1CCc2c([nH]c3ccc([N+](=O)[O-])cc23)C1c1ccccc1. The number of benzene rings is 2. The minimum atomic E-state index is -0.331. The number of aromatic amines is 1. The summed E-state index contributed by atoms with van der Waals surface area (Å²) in [5, 5.41) is 12.0. The third-order valence-electron chi connectivity index (χ3n) is 4.68. The zero-order chi connectivity index (χ0) is 16.0. The van der Waals surface area contributed by atoms with Gasteiger partial charge in [0.25, 0.3) is 5.69 Å². The Morgan fingerprint density at radius 2 is 2.00 bits per heavy atom. The second-order valence-corrected chi connectivity index (χ2v) is 6.05. The average molecular weight is 307 g/mol. The Balaban J connectivity index is 1.91. The van der Waals surface area contributed by atoms with E-state index >= 15 is 0 Å². The molecule has 0 bridgehead atoms. The summed E-state index contributed by atoms with van der Waals surface area (Å²) < 4.78 is 0. The average Bonchev–Trinajstić information content (AvgIpc) is 2.92. The fraction of sp³-hybridized carbons (Fsp3) is 0.222. The highest BCUT2D eigenvalue weighted by Gasteiger charge is 2.29. The van der Waals surface area contributed by atoms with E-state index in [0.29, 0.717) is 0 Å². The Kier molecular flexibility index (Phi) is 3.16. The first-order chi connectivity index (χ1) is 11.1. The summed E-state index contributed by atoms with van der Waals surface area (Å²) in [6.07, 6.45) is 0.899. The second-order valence-electron chi connectivity index (χ2n) is 6.05. The standard InChI is InChI=1S/C18H17N3O2/c1-20-10-9-14-15-11-13(21(22)23)7-8-16(15)19-17(14)18(20)12-5-3-2-4-6-12/h2-8,11,18-19H,9-10H2,1H3. The van der Waals surface area contributed by atoms with E-state index in [2.05, 4.69) is 29.1 Å². The van der Waals surface area contributed by atoms with Crippen molar-refractivity contribution in [3.05, 3.63) is 75.5 Å². The van der Waals surface area contributed by atoms with E-state index in [1.165, 1.54) is 11.1 Å². The van der Waals surface area contributed by atoms with Crippen LogP contribution in [-0.4, -0.2) is 28.4 Å². The number of fused-ring (bicyclic) bond motifs is 3. The first kappa shape index (κ1) is 14.0. The Morgan fingerprint density at radius 3 is 2.74 bits per heavy atom. The van der Waals surface area contributed by atoms with Crippen LogP contribution < -0.4 is 0 Å². The van der Waals surface area contributed by atoms with Gasteiger partial charge >= 0.3 is 0 Å². The van der Waals surface area contributed by atoms with Gasteiger partial charge in [0.15, 0.2) is 0 Å². The molecule has 5 heteroatoms. The van der Waals surface area contributed by atoms with Crippen molar-refractivity contribution in [1.82, 2.24) is 9.88 Å². The zero-order valence-electron chi connectivity index (χ0n) is 12.8. The number of H-pyrrole nitrogens is 1. The Morgan fingerprint density at radius 1 is 1.22 bits per heavy atom. The highest BCUT2D eigenvalue weighted by Crippen LogP contribution is 2.38. The summed E-state index contributed by atoms with van der Waals surface area (Å²) in [6, 6.07) is 15.6. The quantitative estimate of drug-likeness (QED) is 0.580. The van der Waals surface area contributed by atoms with Crippen LogP contribution in [0.25, 0.3) is 10.9 Å². The lowest BCUT2D eigenvalue weighted by molar-refractivity contribution is -0.384. The lowest BCUT2D eigenvalue weighted by Gasteiger charge is -2.33. The van der Waals surface area contributed by atoms with Crippen molar-refractivity contribution in [3.8, 4) is 0 Å². The second kappa shape index (κ2) is 5.21. The largest absolute Gasteiger partial charge is 0.357 e. The van der Waals surface area contributed by atoms with Gasteiger partial charge in [-0.15, -0.1) is 0 Å². The maximum Gasteiger partial charge on any atom is 0.270 e. The van der Waals surface area contributed by atoms with Crippen LogP contribution in [-0.2, 0) is 6.42 Å². The summed E-state index contributed by atoms with van der Waals surface area (Å²) >= 11 is 0. The molecule has 0 saturated heterocycles. The fourth-order valence-electron chi connectivity index (χ4n) is 3.57. The molecule has 4 rings (SSSR count). The molecule has 0 aliphatic carbocycles. The molecule has 0 amide bonds. The van der Waals surface area contributed by atoms with Crippen LogP contribution in [0.15, 0.2) is 48.5 Å². The van der Waals surface area contributed by atoms with Crippen molar-refractivity contribution >= 4 is 16.6 Å². The van der Waals surface area contributed by atoms with Crippen LogP contribution in [0.5, 0.6) is 0 Å². The molecular formula is C18H17N3O2. The van der Waals surface area contributed by atoms with Crippen LogP contribution >= 0.6 is 0 Å². The smallest absolute Gasteiger partial charge is 0.270 e. The highest BCUT2D eigenvalue weighted by atomic mass is 16.6. The number of nitrogens with zero attached hydrogens (tertiary/aromatic N) is 2. The third-order valence-corrected chi connectivity index (χ3v) is 4.68. The summed E-state index contributed by atoms with van der Waals surface area (Å²) in [6.45, 7) is 0.933. The topological polar surface area (TPSA) is 62.2 Å². The number of non-ortho nitro benzene ring substituents is 1. The maximum absolute atomic E-state index is 11.1. The summed E-state index contributed by atoms with van der Waals surface area (Å²) in [5.74, 6) is 0. The molecule has 0 spiro atoms. The number of likely N-dealkylation sites (N-methyl/N-ethyl adjacent to an activating group) is 1. The molecule has 23 heavy (non-hydrogen) atoms. The Hall–Kier alpha value is -2.66. The summed E-state index contributed by atoms with van der Waals surface area (Å²) in [5.41, 5.74) is 4.71. The van der Waals surface area contributed by atoms with Gasteiger partial charge in [-0.1, -0.05) is 30.3 Å². The van der Waals surface area contributed by atoms with Gasteiger partial charge in [-0.05, 0) is 30.7 Å². The first-order valence-corrected chi connectivity index (χ1v) is 7.69. The van der Waals surface area contributed by atoms with Crippen LogP contribution in [0.2, 0.25) is 0 Å². The van der Waals surface area contributed by atoms with Crippen LogP contribution in [0.3, 0.4) is 0 Å². The molecule has 3 aromatic rings. The number of hydrogen-bond acceptors (Lipinski definition) is 3. The number of hydrogen-bond donors (Lipinski definition) is 1. The van der Waals surface area contributed by atoms with Crippen LogP contribution in [0.4, 0.5) is 5.69 Å². The number of nitro benzene ring substituents is 1. The van der Waals surface area contributed by atoms with E-state index in [0.717, 1.165) is 29.6 Å². The summed E-state index contributed by atoms with van der Waals surface area (Å²) in [4.78, 5) is 16.5. The van der Waals surface area contributed by atoms with E-state index in [-0.39, 0.29) is 16.7 Å². The molecule has 1 aromatic heterocycles. The van der Waals surface area contributed by atoms with E-state index in [1.807, 2.05) is 24.3 Å². The van der Waals surface area contributed by atoms with Gasteiger partial charge in [0.05, 0.1) is 11.0 Å². The lowest BCUT2D eigenvalue weighted by atomic mass is 9.93. The number of nitro groups is 1. The molecule has 1 atom stereocenters. The molecule has 2 aromatic carbocycles. The maximum atomic E-state index is 11.1. The number of aromatic nitrogens is 1. The fourth-order valence-corrected chi connectivity index (χ4v) is 3.57. The molecule has 1 N–H and O–H groups in total. The molecular weight excluding hydrogens is 290 g/mol. The molecule has 0 saturated carbocycles. The highest BCUT2D eigenvalue weighted by molar-refractivity contribution is 5.87. The predicted octanol–water partition coefficient (Wildman–Crippen LogP) is 3.65. The zero-order valence-corrected chi connectivity index (χ0v) is 12.8. The molecule has 116 valence electrons. The van der Waals surface area contributed by atoms with Crippen molar-refractivity contribution in [2.75, 3.05) is 13.6 Å².